The molecule has 1 aromatic carbocycles. The summed E-state index contributed by atoms with van der Waals surface area (Å²) >= 11 is 1.70. The van der Waals surface area contributed by atoms with E-state index in [0.29, 0.717) is 0 Å². The van der Waals surface area contributed by atoms with Crippen LogP contribution in [0.2, 0.25) is 0 Å². The number of hydrogen-bond acceptors (Lipinski definition) is 4. The van der Waals surface area contributed by atoms with Gasteiger partial charge in [-0.3, -0.25) is 0 Å². The second-order valence-electron chi connectivity index (χ2n) is 4.09. The van der Waals surface area contributed by atoms with Gasteiger partial charge >= 0.3 is 0 Å². The van der Waals surface area contributed by atoms with Crippen LogP contribution in [0.25, 0.3) is 0 Å². The predicted octanol–water partition coefficient (Wildman–Crippen LogP) is 2.68. The van der Waals surface area contributed by atoms with Crippen molar-refractivity contribution in [3.8, 4) is 5.75 Å². The molecule has 0 aliphatic heterocycles. The lowest BCUT2D eigenvalue weighted by atomic mass is 10.2. The van der Waals surface area contributed by atoms with Crippen LogP contribution in [0.1, 0.15) is 12.0 Å². The summed E-state index contributed by atoms with van der Waals surface area (Å²) in [5, 5.41) is 8.81. The number of aromatic nitrogens is 3. The first kappa shape index (κ1) is 13.0. The van der Waals surface area contributed by atoms with Crippen molar-refractivity contribution in [1.29, 1.82) is 0 Å². The zero-order valence-electron chi connectivity index (χ0n) is 10.7. The van der Waals surface area contributed by atoms with Crippen LogP contribution in [0.15, 0.2) is 35.7 Å². The van der Waals surface area contributed by atoms with Crippen molar-refractivity contribution in [2.24, 2.45) is 7.05 Å². The van der Waals surface area contributed by atoms with E-state index in [4.69, 9.17) is 4.74 Å². The molecular formula is C13H17N3OS. The Labute approximate surface area is 111 Å². The Morgan fingerprint density at radius 3 is 3.00 bits per heavy atom. The van der Waals surface area contributed by atoms with Crippen molar-refractivity contribution in [3.05, 3.63) is 36.2 Å². The van der Waals surface area contributed by atoms with Crippen molar-refractivity contribution in [3.63, 3.8) is 0 Å². The smallest absolute Gasteiger partial charge is 0.190 e. The van der Waals surface area contributed by atoms with E-state index >= 15 is 0 Å². The largest absolute Gasteiger partial charge is 0.494 e. The van der Waals surface area contributed by atoms with E-state index in [0.717, 1.165) is 29.7 Å². The number of aryl methyl sites for hydroxylation is 2. The van der Waals surface area contributed by atoms with Crippen LogP contribution in [0.5, 0.6) is 5.75 Å². The molecule has 4 nitrogen and oxygen atoms in total. The van der Waals surface area contributed by atoms with Crippen LogP contribution < -0.4 is 4.74 Å². The maximum absolute atomic E-state index is 5.68. The summed E-state index contributed by atoms with van der Waals surface area (Å²) in [5.74, 6) is 1.93. The van der Waals surface area contributed by atoms with Gasteiger partial charge in [0.1, 0.15) is 12.1 Å². The Hall–Kier alpha value is -1.49. The fourth-order valence-electron chi connectivity index (χ4n) is 1.52. The van der Waals surface area contributed by atoms with Gasteiger partial charge in [-0.1, -0.05) is 23.9 Å². The molecule has 0 amide bonds. The molecule has 0 aliphatic rings. The first-order valence-electron chi connectivity index (χ1n) is 5.92. The van der Waals surface area contributed by atoms with Gasteiger partial charge in [0.15, 0.2) is 5.16 Å². The number of rotatable bonds is 6. The number of hydrogen-bond donors (Lipinski definition) is 0. The topological polar surface area (TPSA) is 39.9 Å². The number of thioether (sulfide) groups is 1. The van der Waals surface area contributed by atoms with Crippen molar-refractivity contribution in [2.45, 2.75) is 18.5 Å². The SMILES string of the molecule is Cc1cccc(OCCCSc2nncn2C)c1. The lowest BCUT2D eigenvalue weighted by Gasteiger charge is -2.06. The Morgan fingerprint density at radius 2 is 2.28 bits per heavy atom. The van der Waals surface area contributed by atoms with Gasteiger partial charge in [0.05, 0.1) is 6.61 Å². The Kier molecular flexibility index (Phi) is 4.64. The molecule has 1 heterocycles. The molecule has 0 spiro atoms. The summed E-state index contributed by atoms with van der Waals surface area (Å²) < 4.78 is 7.60. The highest BCUT2D eigenvalue weighted by molar-refractivity contribution is 7.99. The average molecular weight is 263 g/mol. The normalized spacial score (nSPS) is 10.6. The summed E-state index contributed by atoms with van der Waals surface area (Å²) in [6, 6.07) is 8.12. The highest BCUT2D eigenvalue weighted by atomic mass is 32.2. The Balaban J connectivity index is 1.66. The molecule has 0 aliphatic carbocycles. The average Bonchev–Trinajstić information content (AvgIpc) is 2.75. The zero-order valence-corrected chi connectivity index (χ0v) is 11.5. The Morgan fingerprint density at radius 1 is 1.39 bits per heavy atom. The third-order valence-corrected chi connectivity index (χ3v) is 3.57. The van der Waals surface area contributed by atoms with Crippen LogP contribution in [0.4, 0.5) is 0 Å². The van der Waals surface area contributed by atoms with Gasteiger partial charge in [0, 0.05) is 12.8 Å². The van der Waals surface area contributed by atoms with Gasteiger partial charge in [-0.05, 0) is 31.0 Å². The molecule has 18 heavy (non-hydrogen) atoms. The minimum atomic E-state index is 0.730. The molecule has 2 rings (SSSR count). The van der Waals surface area contributed by atoms with Gasteiger partial charge in [0.2, 0.25) is 0 Å². The van der Waals surface area contributed by atoms with Crippen molar-refractivity contribution in [1.82, 2.24) is 14.8 Å². The van der Waals surface area contributed by atoms with E-state index in [2.05, 4.69) is 29.3 Å². The Bertz CT molecular complexity index is 498. The van der Waals surface area contributed by atoms with Crippen LogP contribution >= 0.6 is 11.8 Å². The lowest BCUT2D eigenvalue weighted by molar-refractivity contribution is 0.318. The first-order chi connectivity index (χ1) is 8.75. The summed E-state index contributed by atoms with van der Waals surface area (Å²) in [6.07, 6.45) is 2.71. The van der Waals surface area contributed by atoms with Crippen molar-refractivity contribution >= 4 is 11.8 Å². The molecule has 0 N–H and O–H groups in total. The quantitative estimate of drug-likeness (QED) is 0.593. The van der Waals surface area contributed by atoms with E-state index in [-0.39, 0.29) is 0 Å². The molecule has 0 unspecified atom stereocenters. The van der Waals surface area contributed by atoms with Gasteiger partial charge < -0.3 is 9.30 Å². The maximum Gasteiger partial charge on any atom is 0.190 e. The summed E-state index contributed by atoms with van der Waals surface area (Å²) in [7, 11) is 1.95. The molecule has 1 aromatic heterocycles. The standard InChI is InChI=1S/C13H17N3OS/c1-11-5-3-6-12(9-11)17-7-4-8-18-13-15-14-10-16(13)2/h3,5-6,9-10H,4,7-8H2,1-2H3. The maximum atomic E-state index is 5.68. The van der Waals surface area contributed by atoms with E-state index in [1.54, 1.807) is 18.1 Å². The molecule has 0 saturated carbocycles. The summed E-state index contributed by atoms with van der Waals surface area (Å²) in [5.41, 5.74) is 1.22. The van der Waals surface area contributed by atoms with E-state index < -0.39 is 0 Å². The van der Waals surface area contributed by atoms with E-state index in [9.17, 15) is 0 Å². The molecule has 0 bridgehead atoms. The van der Waals surface area contributed by atoms with Crippen molar-refractivity contribution < 1.29 is 4.74 Å². The third-order valence-electron chi connectivity index (χ3n) is 2.45. The second kappa shape index (κ2) is 6.44. The van der Waals surface area contributed by atoms with E-state index in [1.807, 2.05) is 23.7 Å². The lowest BCUT2D eigenvalue weighted by Crippen LogP contribution is -1.99. The summed E-state index contributed by atoms with van der Waals surface area (Å²) in [4.78, 5) is 0. The zero-order chi connectivity index (χ0) is 12.8. The van der Waals surface area contributed by atoms with Crippen LogP contribution in [0, 0.1) is 6.92 Å². The molecule has 0 saturated heterocycles. The van der Waals surface area contributed by atoms with Crippen LogP contribution in [0.3, 0.4) is 0 Å². The number of nitrogens with zero attached hydrogens (tertiary/aromatic N) is 3. The van der Waals surface area contributed by atoms with Gasteiger partial charge in [-0.15, -0.1) is 10.2 Å². The fraction of sp³-hybridized carbons (Fsp3) is 0.385. The number of benzene rings is 1. The molecule has 0 fully saturated rings. The van der Waals surface area contributed by atoms with Crippen LogP contribution in [-0.4, -0.2) is 27.1 Å². The van der Waals surface area contributed by atoms with Gasteiger partial charge in [-0.2, -0.15) is 0 Å². The van der Waals surface area contributed by atoms with Crippen LogP contribution in [-0.2, 0) is 7.05 Å². The summed E-state index contributed by atoms with van der Waals surface area (Å²) in [6.45, 7) is 2.80. The minimum Gasteiger partial charge on any atom is -0.494 e. The molecule has 0 atom stereocenters. The second-order valence-corrected chi connectivity index (χ2v) is 5.15. The monoisotopic (exact) mass is 263 g/mol. The molecule has 2 aromatic rings. The highest BCUT2D eigenvalue weighted by Gasteiger charge is 2.00. The molecule has 0 radical (unpaired) electrons. The molecule has 96 valence electrons. The van der Waals surface area contributed by atoms with Gasteiger partial charge in [-0.25, -0.2) is 0 Å². The highest BCUT2D eigenvalue weighted by Crippen LogP contribution is 2.16. The van der Waals surface area contributed by atoms with E-state index in [1.165, 1.54) is 5.56 Å². The number of ether oxygens (including phenoxy) is 1. The molecular weight excluding hydrogens is 246 g/mol. The van der Waals surface area contributed by atoms with Gasteiger partial charge in [0.25, 0.3) is 0 Å². The first-order valence-corrected chi connectivity index (χ1v) is 6.90. The van der Waals surface area contributed by atoms with Crippen molar-refractivity contribution in [2.75, 3.05) is 12.4 Å². The fourth-order valence-corrected chi connectivity index (χ4v) is 2.32. The minimum absolute atomic E-state index is 0.730. The third kappa shape index (κ3) is 3.77. The molecule has 5 heteroatoms. The predicted molar refractivity (Wildman–Crippen MR) is 73.0 cm³/mol.